The lowest BCUT2D eigenvalue weighted by molar-refractivity contribution is -0.144. The second kappa shape index (κ2) is 12.7. The molecule has 4 aromatic rings. The van der Waals surface area contributed by atoms with Crippen molar-refractivity contribution in [2.24, 2.45) is 0 Å². The molecular weight excluding hydrogens is 544 g/mol. The molecule has 13 heteroatoms. The summed E-state index contributed by atoms with van der Waals surface area (Å²) in [6.45, 7) is 0. The van der Waals surface area contributed by atoms with Gasteiger partial charge in [-0.25, -0.2) is 19.7 Å². The Morgan fingerprint density at radius 2 is 1.74 bits per heavy atom. The summed E-state index contributed by atoms with van der Waals surface area (Å²) in [5.74, 6) is -1.46. The van der Waals surface area contributed by atoms with Gasteiger partial charge in [-0.3, -0.25) is 14.2 Å². The maximum Gasteiger partial charge on any atom is 0.328 e. The lowest BCUT2D eigenvalue weighted by atomic mass is 10.1. The highest BCUT2D eigenvalue weighted by molar-refractivity contribution is 6.06. The number of nitrogens with zero attached hydrogens (tertiary/aromatic N) is 4. The van der Waals surface area contributed by atoms with Crippen LogP contribution in [-0.2, 0) is 25.5 Å². The van der Waals surface area contributed by atoms with Crippen molar-refractivity contribution in [2.45, 2.75) is 37.0 Å². The Labute approximate surface area is 239 Å². The molecule has 5 rings (SSSR count). The fourth-order valence-electron chi connectivity index (χ4n) is 4.56. The van der Waals surface area contributed by atoms with E-state index in [4.69, 9.17) is 9.47 Å². The van der Waals surface area contributed by atoms with Gasteiger partial charge in [-0.15, -0.1) is 0 Å². The minimum Gasteiger partial charge on any atom is -0.467 e. The van der Waals surface area contributed by atoms with Gasteiger partial charge in [0.1, 0.15) is 30.7 Å². The van der Waals surface area contributed by atoms with Gasteiger partial charge in [-0.1, -0.05) is 48.5 Å². The van der Waals surface area contributed by atoms with Gasteiger partial charge in [0, 0.05) is 18.1 Å². The van der Waals surface area contributed by atoms with E-state index < -0.39 is 42.5 Å². The predicted octanol–water partition coefficient (Wildman–Crippen LogP) is 1.15. The van der Waals surface area contributed by atoms with E-state index in [1.165, 1.54) is 30.4 Å². The molecule has 0 bridgehead atoms. The molecule has 3 heterocycles. The SMILES string of the molecule is COC(=O)[C@@H](Cc1ccccc1)NC(=O)/C=C/[C@H]1O[C@@H](n2cnc3c(NC(=O)c4ccccc4)ncnc32)[C@H](O)[C@@H]1O. The van der Waals surface area contributed by atoms with Crippen molar-refractivity contribution in [2.75, 3.05) is 12.4 Å². The maximum atomic E-state index is 12.7. The van der Waals surface area contributed by atoms with E-state index >= 15 is 0 Å². The van der Waals surface area contributed by atoms with Crippen LogP contribution in [0.2, 0.25) is 0 Å². The number of methoxy groups -OCH3 is 1. The highest BCUT2D eigenvalue weighted by Gasteiger charge is 2.43. The van der Waals surface area contributed by atoms with E-state index in [0.717, 1.165) is 11.6 Å². The molecule has 0 unspecified atom stereocenters. The molecule has 0 aliphatic carbocycles. The number of carbonyl (C=O) groups is 3. The van der Waals surface area contributed by atoms with Crippen LogP contribution < -0.4 is 10.6 Å². The molecule has 1 saturated heterocycles. The van der Waals surface area contributed by atoms with Crippen molar-refractivity contribution in [1.29, 1.82) is 0 Å². The van der Waals surface area contributed by atoms with Crippen molar-refractivity contribution >= 4 is 34.8 Å². The zero-order valence-corrected chi connectivity index (χ0v) is 22.4. The van der Waals surface area contributed by atoms with Crippen LogP contribution in [0.5, 0.6) is 0 Å². The number of amides is 2. The summed E-state index contributed by atoms with van der Waals surface area (Å²) in [7, 11) is 1.23. The lowest BCUT2D eigenvalue weighted by Gasteiger charge is -2.16. The minimum absolute atomic E-state index is 0.157. The van der Waals surface area contributed by atoms with Gasteiger partial charge in [-0.05, 0) is 23.8 Å². The second-order valence-corrected chi connectivity index (χ2v) is 9.47. The van der Waals surface area contributed by atoms with Crippen LogP contribution in [0.3, 0.4) is 0 Å². The number of rotatable bonds is 9. The molecule has 0 saturated carbocycles. The largest absolute Gasteiger partial charge is 0.467 e. The van der Waals surface area contributed by atoms with Crippen molar-refractivity contribution < 1.29 is 34.1 Å². The Kier molecular flexibility index (Phi) is 8.62. The number of aliphatic hydroxyl groups excluding tert-OH is 2. The summed E-state index contributed by atoms with van der Waals surface area (Å²) in [6.07, 6.45) is 0.230. The molecule has 1 fully saturated rings. The Balaban J connectivity index is 1.28. The molecule has 0 spiro atoms. The Morgan fingerprint density at radius 1 is 1.02 bits per heavy atom. The van der Waals surface area contributed by atoms with Gasteiger partial charge >= 0.3 is 5.97 Å². The Bertz CT molecular complexity index is 1590. The summed E-state index contributed by atoms with van der Waals surface area (Å²) < 4.78 is 12.1. The first kappa shape index (κ1) is 28.5. The number of ether oxygens (including phenoxy) is 2. The van der Waals surface area contributed by atoms with Crippen LogP contribution in [-0.4, -0.2) is 79.0 Å². The fourth-order valence-corrected chi connectivity index (χ4v) is 4.56. The number of fused-ring (bicyclic) bond motifs is 1. The average Bonchev–Trinajstić information content (AvgIpc) is 3.57. The van der Waals surface area contributed by atoms with E-state index in [2.05, 4.69) is 25.6 Å². The standard InChI is InChI=1S/C29H28N6O7/c1-41-29(40)19(14-17-8-4-2-5-9-17)33-21(36)13-12-20-23(37)24(38)28(42-20)35-16-32-22-25(30-15-31-26(22)35)34-27(39)18-10-6-3-7-11-18/h2-13,15-16,19-20,23-24,28,37-38H,14H2,1H3,(H,33,36)(H,30,31,34,39)/b13-12+/t19-,20-,23-,24-,28-/m1/s1. The topological polar surface area (TPSA) is 178 Å². The third-order valence-electron chi connectivity index (χ3n) is 6.70. The second-order valence-electron chi connectivity index (χ2n) is 9.47. The predicted molar refractivity (Wildman–Crippen MR) is 149 cm³/mol. The molecule has 2 aromatic carbocycles. The molecule has 2 amide bonds. The Morgan fingerprint density at radius 3 is 2.45 bits per heavy atom. The van der Waals surface area contributed by atoms with Crippen molar-refractivity contribution in [3.05, 3.63) is 96.6 Å². The molecule has 1 aliphatic heterocycles. The number of aromatic nitrogens is 4. The monoisotopic (exact) mass is 572 g/mol. The summed E-state index contributed by atoms with van der Waals surface area (Å²) >= 11 is 0. The molecular formula is C29H28N6O7. The van der Waals surface area contributed by atoms with Gasteiger partial charge in [-0.2, -0.15) is 0 Å². The number of aliphatic hydroxyl groups is 2. The smallest absolute Gasteiger partial charge is 0.328 e. The summed E-state index contributed by atoms with van der Waals surface area (Å²) in [4.78, 5) is 50.1. The molecule has 5 atom stereocenters. The first-order valence-electron chi connectivity index (χ1n) is 13.0. The summed E-state index contributed by atoms with van der Waals surface area (Å²) in [6, 6.07) is 16.8. The quantitative estimate of drug-likeness (QED) is 0.168. The number of imidazole rings is 1. The molecule has 13 nitrogen and oxygen atoms in total. The van der Waals surface area contributed by atoms with Gasteiger partial charge in [0.15, 0.2) is 23.2 Å². The number of benzene rings is 2. The first-order valence-corrected chi connectivity index (χ1v) is 13.0. The van der Waals surface area contributed by atoms with E-state index in [-0.39, 0.29) is 29.3 Å². The molecule has 42 heavy (non-hydrogen) atoms. The molecule has 216 valence electrons. The van der Waals surface area contributed by atoms with Crippen molar-refractivity contribution in [3.8, 4) is 0 Å². The van der Waals surface area contributed by atoms with Crippen LogP contribution in [0, 0.1) is 0 Å². The number of hydrogen-bond acceptors (Lipinski definition) is 10. The number of hydrogen-bond donors (Lipinski definition) is 4. The highest BCUT2D eigenvalue weighted by Crippen LogP contribution is 2.32. The van der Waals surface area contributed by atoms with E-state index in [9.17, 15) is 24.6 Å². The van der Waals surface area contributed by atoms with Crippen LogP contribution in [0.4, 0.5) is 5.82 Å². The normalized spacial score (nSPS) is 20.8. The van der Waals surface area contributed by atoms with E-state index in [1.807, 2.05) is 30.3 Å². The zero-order chi connectivity index (χ0) is 29.6. The van der Waals surface area contributed by atoms with Gasteiger partial charge in [0.05, 0.1) is 13.4 Å². The summed E-state index contributed by atoms with van der Waals surface area (Å²) in [5.41, 5.74) is 1.75. The van der Waals surface area contributed by atoms with E-state index in [1.54, 1.807) is 30.3 Å². The van der Waals surface area contributed by atoms with Crippen LogP contribution in [0.25, 0.3) is 11.2 Å². The van der Waals surface area contributed by atoms with Crippen molar-refractivity contribution in [3.63, 3.8) is 0 Å². The number of esters is 1. The van der Waals surface area contributed by atoms with Crippen LogP contribution >= 0.6 is 0 Å². The first-order chi connectivity index (χ1) is 20.4. The average molecular weight is 573 g/mol. The third-order valence-corrected chi connectivity index (χ3v) is 6.70. The number of anilines is 1. The number of carbonyl (C=O) groups excluding carboxylic acids is 3. The fraction of sp³-hybridized carbons (Fsp3) is 0.241. The zero-order valence-electron chi connectivity index (χ0n) is 22.4. The van der Waals surface area contributed by atoms with Gasteiger partial charge in [0.25, 0.3) is 5.91 Å². The Hall–Kier alpha value is -4.98. The van der Waals surface area contributed by atoms with Crippen LogP contribution in [0.15, 0.2) is 85.5 Å². The minimum atomic E-state index is -1.40. The molecule has 4 N–H and O–H groups in total. The van der Waals surface area contributed by atoms with Crippen LogP contribution in [0.1, 0.15) is 22.1 Å². The molecule has 2 aromatic heterocycles. The summed E-state index contributed by atoms with van der Waals surface area (Å²) in [5, 5.41) is 26.7. The molecule has 1 aliphatic rings. The van der Waals surface area contributed by atoms with E-state index in [0.29, 0.717) is 5.56 Å². The maximum absolute atomic E-state index is 12.7. The highest BCUT2D eigenvalue weighted by atomic mass is 16.6. The molecule has 0 radical (unpaired) electrons. The van der Waals surface area contributed by atoms with Gasteiger partial charge in [0.2, 0.25) is 5.91 Å². The van der Waals surface area contributed by atoms with Gasteiger partial charge < -0.3 is 30.3 Å². The van der Waals surface area contributed by atoms with Crippen molar-refractivity contribution in [1.82, 2.24) is 24.8 Å². The number of nitrogens with one attached hydrogen (secondary N) is 2. The lowest BCUT2D eigenvalue weighted by Crippen LogP contribution is -2.42. The third kappa shape index (κ3) is 6.17.